The van der Waals surface area contributed by atoms with Gasteiger partial charge in [-0.3, -0.25) is 4.57 Å². The molecule has 3 aromatic rings. The van der Waals surface area contributed by atoms with Crippen LogP contribution in [0.15, 0.2) is 36.4 Å². The summed E-state index contributed by atoms with van der Waals surface area (Å²) in [4.78, 5) is 25.6. The minimum atomic E-state index is -3.93. The van der Waals surface area contributed by atoms with Crippen LogP contribution in [-0.2, 0) is 17.4 Å². The van der Waals surface area contributed by atoms with Gasteiger partial charge in [-0.25, -0.2) is 0 Å². The van der Waals surface area contributed by atoms with Crippen LogP contribution in [0, 0.1) is 0 Å². The Kier molecular flexibility index (Phi) is 7.49. The molecular weight excluding hydrogens is 415 g/mol. The summed E-state index contributed by atoms with van der Waals surface area (Å²) in [7, 11) is -3.93. The molecule has 0 radical (unpaired) electrons. The number of aryl methyl sites for hydroxylation is 2. The van der Waals surface area contributed by atoms with Crippen molar-refractivity contribution in [2.75, 3.05) is 6.16 Å². The molecule has 7 heteroatoms. The van der Waals surface area contributed by atoms with Crippen molar-refractivity contribution in [3.63, 3.8) is 0 Å². The largest absolute Gasteiger partial charge is 0.325 e. The number of thiophene rings is 3. The Balaban J connectivity index is 1.62. The standard InChI is InChI=1S/C20H25O3PS3/c1-2-3-4-5-6-15-7-9-17(25-15)19-11-12-20(27-19)18-10-8-16(26-18)13-14-24(21,22)23/h7-12H,2-6,13-14H2,1H3,(H2,21,22,23). The second kappa shape index (κ2) is 9.64. The summed E-state index contributed by atoms with van der Waals surface area (Å²) in [5, 5.41) is 0. The molecule has 3 nitrogen and oxygen atoms in total. The molecule has 0 unspecified atom stereocenters. The minimum absolute atomic E-state index is 0.0845. The zero-order valence-corrected chi connectivity index (χ0v) is 18.7. The first-order chi connectivity index (χ1) is 12.9. The highest BCUT2D eigenvalue weighted by Crippen LogP contribution is 2.41. The lowest BCUT2D eigenvalue weighted by molar-refractivity contribution is 0.373. The lowest BCUT2D eigenvalue weighted by atomic mass is 10.1. The van der Waals surface area contributed by atoms with Crippen molar-refractivity contribution >= 4 is 41.6 Å². The van der Waals surface area contributed by atoms with Crippen molar-refractivity contribution in [1.29, 1.82) is 0 Å². The van der Waals surface area contributed by atoms with E-state index >= 15 is 0 Å². The third kappa shape index (κ3) is 6.38. The van der Waals surface area contributed by atoms with Crippen molar-refractivity contribution in [3.8, 4) is 19.5 Å². The van der Waals surface area contributed by atoms with E-state index in [9.17, 15) is 4.57 Å². The van der Waals surface area contributed by atoms with Crippen LogP contribution in [0.2, 0.25) is 0 Å². The van der Waals surface area contributed by atoms with Crippen LogP contribution in [0.4, 0.5) is 0 Å². The summed E-state index contributed by atoms with van der Waals surface area (Å²) in [6.45, 7) is 2.24. The molecule has 0 aliphatic carbocycles. The molecule has 0 bridgehead atoms. The summed E-state index contributed by atoms with van der Waals surface area (Å²) in [5.74, 6) is 0. The van der Waals surface area contributed by atoms with Crippen LogP contribution in [0.3, 0.4) is 0 Å². The number of hydrogen-bond acceptors (Lipinski definition) is 4. The predicted octanol–water partition coefficient (Wildman–Crippen LogP) is 7.05. The van der Waals surface area contributed by atoms with E-state index in [1.165, 1.54) is 56.5 Å². The van der Waals surface area contributed by atoms with Gasteiger partial charge in [0, 0.05) is 29.3 Å². The summed E-state index contributed by atoms with van der Waals surface area (Å²) >= 11 is 5.31. The first kappa shape index (κ1) is 21.0. The van der Waals surface area contributed by atoms with Crippen LogP contribution in [0.25, 0.3) is 19.5 Å². The first-order valence-corrected chi connectivity index (χ1v) is 13.5. The molecule has 0 saturated carbocycles. The van der Waals surface area contributed by atoms with Crippen LogP contribution in [-0.4, -0.2) is 15.9 Å². The maximum absolute atomic E-state index is 11.0. The van der Waals surface area contributed by atoms with Crippen molar-refractivity contribution < 1.29 is 14.4 Å². The Morgan fingerprint density at radius 2 is 1.26 bits per heavy atom. The van der Waals surface area contributed by atoms with Crippen LogP contribution in [0.1, 0.15) is 42.4 Å². The van der Waals surface area contributed by atoms with E-state index in [0.29, 0.717) is 6.42 Å². The molecule has 0 aromatic carbocycles. The molecule has 0 amide bonds. The Bertz CT molecular complexity index is 903. The van der Waals surface area contributed by atoms with Crippen LogP contribution >= 0.6 is 41.6 Å². The molecule has 0 atom stereocenters. The van der Waals surface area contributed by atoms with Gasteiger partial charge in [-0.1, -0.05) is 26.2 Å². The molecule has 0 fully saturated rings. The molecular formula is C20H25O3PS3. The van der Waals surface area contributed by atoms with Gasteiger partial charge in [0.1, 0.15) is 0 Å². The third-order valence-electron chi connectivity index (χ3n) is 4.34. The average Bonchev–Trinajstić information content (AvgIpc) is 3.36. The van der Waals surface area contributed by atoms with E-state index in [0.717, 1.165) is 4.88 Å². The SMILES string of the molecule is CCCCCCc1ccc(-c2ccc(-c3ccc(CCP(=O)(O)O)s3)s2)s1. The predicted molar refractivity (Wildman–Crippen MR) is 119 cm³/mol. The lowest BCUT2D eigenvalue weighted by Gasteiger charge is -2.00. The highest BCUT2D eigenvalue weighted by molar-refractivity contribution is 7.51. The molecule has 3 aromatic heterocycles. The van der Waals surface area contributed by atoms with E-state index < -0.39 is 7.60 Å². The Labute approximate surface area is 172 Å². The Morgan fingerprint density at radius 1 is 0.741 bits per heavy atom. The normalized spacial score (nSPS) is 12.0. The second-order valence-electron chi connectivity index (χ2n) is 6.64. The molecule has 3 heterocycles. The zero-order valence-electron chi connectivity index (χ0n) is 15.4. The second-order valence-corrected chi connectivity index (χ2v) is 11.8. The van der Waals surface area contributed by atoms with E-state index in [2.05, 4.69) is 37.3 Å². The number of unbranched alkanes of at least 4 members (excludes halogenated alkanes) is 3. The van der Waals surface area contributed by atoms with E-state index in [1.54, 1.807) is 22.7 Å². The molecule has 0 aliphatic heterocycles. The Morgan fingerprint density at radius 3 is 1.81 bits per heavy atom. The maximum Gasteiger partial charge on any atom is 0.325 e. The lowest BCUT2D eigenvalue weighted by Crippen LogP contribution is -1.90. The molecule has 0 spiro atoms. The van der Waals surface area contributed by atoms with Gasteiger partial charge in [0.2, 0.25) is 0 Å². The first-order valence-electron chi connectivity index (χ1n) is 9.27. The van der Waals surface area contributed by atoms with Crippen molar-refractivity contribution in [2.24, 2.45) is 0 Å². The Hall–Kier alpha value is -0.750. The van der Waals surface area contributed by atoms with E-state index in [1.807, 2.05) is 17.4 Å². The molecule has 0 saturated heterocycles. The minimum Gasteiger partial charge on any atom is -0.324 e. The van der Waals surface area contributed by atoms with E-state index in [-0.39, 0.29) is 6.16 Å². The van der Waals surface area contributed by atoms with Crippen LogP contribution < -0.4 is 0 Å². The topological polar surface area (TPSA) is 57.5 Å². The summed E-state index contributed by atoms with van der Waals surface area (Å²) < 4.78 is 11.0. The summed E-state index contributed by atoms with van der Waals surface area (Å²) in [5.41, 5.74) is 0. The fraction of sp³-hybridized carbons (Fsp3) is 0.400. The zero-order chi connectivity index (χ0) is 19.3. The van der Waals surface area contributed by atoms with Gasteiger partial charge in [-0.15, -0.1) is 34.0 Å². The van der Waals surface area contributed by atoms with Gasteiger partial charge >= 0.3 is 7.60 Å². The molecule has 2 N–H and O–H groups in total. The van der Waals surface area contributed by atoms with E-state index in [4.69, 9.17) is 9.79 Å². The van der Waals surface area contributed by atoms with Crippen LogP contribution in [0.5, 0.6) is 0 Å². The quantitative estimate of drug-likeness (QED) is 0.262. The van der Waals surface area contributed by atoms with Gasteiger partial charge in [0.25, 0.3) is 0 Å². The number of rotatable bonds is 10. The molecule has 0 aliphatic rings. The monoisotopic (exact) mass is 440 g/mol. The van der Waals surface area contributed by atoms with Gasteiger partial charge < -0.3 is 9.79 Å². The van der Waals surface area contributed by atoms with Crippen molar-refractivity contribution in [2.45, 2.75) is 45.4 Å². The average molecular weight is 441 g/mol. The van der Waals surface area contributed by atoms with Gasteiger partial charge in [0.15, 0.2) is 0 Å². The fourth-order valence-corrected chi connectivity index (χ4v) is 6.80. The molecule has 3 rings (SSSR count). The maximum atomic E-state index is 11.0. The molecule has 146 valence electrons. The van der Waals surface area contributed by atoms with Crippen molar-refractivity contribution in [1.82, 2.24) is 0 Å². The highest BCUT2D eigenvalue weighted by Gasteiger charge is 2.14. The van der Waals surface area contributed by atoms with Gasteiger partial charge in [-0.05, 0) is 55.7 Å². The molecule has 27 heavy (non-hydrogen) atoms. The van der Waals surface area contributed by atoms with Gasteiger partial charge in [0.05, 0.1) is 6.16 Å². The smallest absolute Gasteiger partial charge is 0.324 e. The van der Waals surface area contributed by atoms with Crippen molar-refractivity contribution in [3.05, 3.63) is 46.2 Å². The fourth-order valence-electron chi connectivity index (χ4n) is 2.87. The third-order valence-corrected chi connectivity index (χ3v) is 8.91. The highest BCUT2D eigenvalue weighted by atomic mass is 32.1. The summed E-state index contributed by atoms with van der Waals surface area (Å²) in [6.07, 6.45) is 6.71. The van der Waals surface area contributed by atoms with Gasteiger partial charge in [-0.2, -0.15) is 0 Å². The summed E-state index contributed by atoms with van der Waals surface area (Å²) in [6, 6.07) is 12.9. The number of hydrogen-bond donors (Lipinski definition) is 2.